The van der Waals surface area contributed by atoms with Gasteiger partial charge in [-0.2, -0.15) is 0 Å². The van der Waals surface area contributed by atoms with Crippen molar-refractivity contribution in [2.45, 2.75) is 19.1 Å². The molecule has 0 fully saturated rings. The maximum Gasteiger partial charge on any atom is 0.343 e. The highest BCUT2D eigenvalue weighted by Crippen LogP contribution is 2.50. The Morgan fingerprint density at radius 3 is 1.67 bits per heavy atom. The Kier molecular flexibility index (Phi) is 7.38. The number of benzene rings is 2. The zero-order chi connectivity index (χ0) is 17.4. The van der Waals surface area contributed by atoms with Gasteiger partial charge in [0.1, 0.15) is 5.49 Å². The second kappa shape index (κ2) is 9.28. The molecule has 4 nitrogen and oxygen atoms in total. The molecular weight excluding hydrogens is 343 g/mol. The lowest BCUT2D eigenvalue weighted by atomic mass is 10.0. The molecule has 130 valence electrons. The van der Waals surface area contributed by atoms with Crippen molar-refractivity contribution in [3.05, 3.63) is 71.8 Å². The summed E-state index contributed by atoms with van der Waals surface area (Å²) in [6.07, 6.45) is 0. The second-order valence-electron chi connectivity index (χ2n) is 5.16. The molecule has 0 aliphatic rings. The summed E-state index contributed by atoms with van der Waals surface area (Å²) in [5.41, 5.74) is 1.71. The molecule has 0 spiro atoms. The van der Waals surface area contributed by atoms with E-state index in [0.29, 0.717) is 0 Å². The van der Waals surface area contributed by atoms with Gasteiger partial charge in [-0.1, -0.05) is 60.7 Å². The predicted octanol–water partition coefficient (Wildman–Crippen LogP) is 4.75. The van der Waals surface area contributed by atoms with Crippen molar-refractivity contribution in [2.75, 3.05) is 18.7 Å². The number of hydrogen-bond donors (Lipinski definition) is 0. The van der Waals surface area contributed by atoms with E-state index in [1.165, 1.54) is 0 Å². The molecule has 2 aromatic rings. The van der Waals surface area contributed by atoms with Gasteiger partial charge in [0.25, 0.3) is 0 Å². The van der Waals surface area contributed by atoms with Gasteiger partial charge in [-0.25, -0.2) is 0 Å². The molecule has 0 aliphatic carbocycles. The van der Waals surface area contributed by atoms with Crippen LogP contribution in [-0.4, -0.2) is 22.9 Å². The summed E-state index contributed by atoms with van der Waals surface area (Å²) in [4.78, 5) is 0. The summed E-state index contributed by atoms with van der Waals surface area (Å²) in [5.74, 6) is 0. The summed E-state index contributed by atoms with van der Waals surface area (Å²) in [5, 5.41) is -0.373. The van der Waals surface area contributed by atoms with Crippen molar-refractivity contribution < 1.29 is 17.8 Å². The Morgan fingerprint density at radius 2 is 1.29 bits per heavy atom. The van der Waals surface area contributed by atoms with Crippen LogP contribution < -0.4 is 0 Å². The quantitative estimate of drug-likeness (QED) is 0.601. The van der Waals surface area contributed by atoms with Gasteiger partial charge in [-0.05, 0) is 25.0 Å². The molecule has 0 amide bonds. The van der Waals surface area contributed by atoms with E-state index in [9.17, 15) is 8.77 Å². The topological polar surface area (TPSA) is 52.6 Å². The maximum absolute atomic E-state index is 13.1. The van der Waals surface area contributed by atoms with E-state index in [0.717, 1.165) is 11.1 Å². The first kappa shape index (κ1) is 19.1. The molecule has 0 radical (unpaired) electrons. The van der Waals surface area contributed by atoms with Gasteiger partial charge in [0, 0.05) is 10.8 Å². The lowest BCUT2D eigenvalue weighted by Crippen LogP contribution is -2.14. The Hall–Kier alpha value is -1.26. The summed E-state index contributed by atoms with van der Waals surface area (Å²) >= 11 is 0. The third kappa shape index (κ3) is 5.12. The Bertz CT molecular complexity index is 641. The van der Waals surface area contributed by atoms with Crippen molar-refractivity contribution in [3.63, 3.8) is 0 Å². The van der Waals surface area contributed by atoms with E-state index in [4.69, 9.17) is 9.05 Å². The van der Waals surface area contributed by atoms with Gasteiger partial charge < -0.3 is 9.05 Å². The van der Waals surface area contributed by atoms with Crippen LogP contribution in [0.5, 0.6) is 0 Å². The lowest BCUT2D eigenvalue weighted by Gasteiger charge is -2.21. The third-order valence-corrected chi connectivity index (χ3v) is 8.06. The summed E-state index contributed by atoms with van der Waals surface area (Å²) in [6.45, 7) is 4.02. The minimum atomic E-state index is -3.37. The second-order valence-corrected chi connectivity index (χ2v) is 9.16. The largest absolute Gasteiger partial charge is 0.343 e. The molecule has 2 rings (SSSR count). The third-order valence-electron chi connectivity index (χ3n) is 3.40. The molecule has 0 unspecified atom stereocenters. The van der Waals surface area contributed by atoms with E-state index < -0.39 is 18.4 Å². The van der Waals surface area contributed by atoms with Crippen LogP contribution >= 0.6 is 7.60 Å². The molecule has 0 bridgehead atoms. The average molecular weight is 366 g/mol. The summed E-state index contributed by atoms with van der Waals surface area (Å²) in [7, 11) is -4.82. The molecule has 0 saturated carbocycles. The van der Waals surface area contributed by atoms with Gasteiger partial charge in [0.2, 0.25) is 0 Å². The maximum atomic E-state index is 13.1. The molecule has 6 heteroatoms. The van der Waals surface area contributed by atoms with E-state index in [-0.39, 0.29) is 24.0 Å². The molecule has 0 aromatic heterocycles. The van der Waals surface area contributed by atoms with Crippen LogP contribution in [-0.2, 0) is 24.4 Å². The molecule has 0 N–H and O–H groups in total. The van der Waals surface area contributed by atoms with Crippen molar-refractivity contribution in [1.29, 1.82) is 0 Å². The van der Waals surface area contributed by atoms with Gasteiger partial charge in [0.05, 0.1) is 18.5 Å². The average Bonchev–Trinajstić information content (AvgIpc) is 2.57. The minimum Gasteiger partial charge on any atom is -0.308 e. The zero-order valence-corrected chi connectivity index (χ0v) is 15.7. The van der Waals surface area contributed by atoms with Gasteiger partial charge >= 0.3 is 7.60 Å². The standard InChI is InChI=1S/C18H23O4PS/c1-3-21-23(19,22-4-2)15-24(20)18(16-11-7-5-8-12-16)17-13-9-6-10-14-17/h5-14,18H,3-4,15H2,1-2H3/t24-/m1/s1. The van der Waals surface area contributed by atoms with Crippen LogP contribution in [0.15, 0.2) is 60.7 Å². The van der Waals surface area contributed by atoms with Crippen LogP contribution in [0.2, 0.25) is 0 Å². The SMILES string of the molecule is CCOP(=O)(C[S@@](=O)C(c1ccccc1)c1ccccc1)OCC. The summed E-state index contributed by atoms with van der Waals surface area (Å²) in [6, 6.07) is 19.2. The first-order valence-corrected chi connectivity index (χ1v) is 11.1. The van der Waals surface area contributed by atoms with E-state index in [1.54, 1.807) is 13.8 Å². The predicted molar refractivity (Wildman–Crippen MR) is 98.6 cm³/mol. The lowest BCUT2D eigenvalue weighted by molar-refractivity contribution is 0.224. The Labute approximate surface area is 146 Å². The molecule has 0 heterocycles. The molecule has 1 atom stereocenters. The highest BCUT2D eigenvalue weighted by molar-refractivity contribution is 7.92. The first-order chi connectivity index (χ1) is 11.6. The fraction of sp³-hybridized carbons (Fsp3) is 0.333. The van der Waals surface area contributed by atoms with Crippen LogP contribution in [0, 0.1) is 0 Å². The monoisotopic (exact) mass is 366 g/mol. The fourth-order valence-electron chi connectivity index (χ4n) is 2.49. The highest BCUT2D eigenvalue weighted by Gasteiger charge is 2.32. The molecule has 0 saturated heterocycles. The summed E-state index contributed by atoms with van der Waals surface area (Å²) < 4.78 is 36.4. The zero-order valence-electron chi connectivity index (χ0n) is 14.0. The fourth-order valence-corrected chi connectivity index (χ4v) is 6.71. The van der Waals surface area contributed by atoms with Crippen LogP contribution in [0.4, 0.5) is 0 Å². The van der Waals surface area contributed by atoms with Crippen LogP contribution in [0.25, 0.3) is 0 Å². The van der Waals surface area contributed by atoms with Gasteiger partial charge in [-0.15, -0.1) is 0 Å². The smallest absolute Gasteiger partial charge is 0.308 e. The highest BCUT2D eigenvalue weighted by atomic mass is 32.2. The Balaban J connectivity index is 2.34. The normalized spacial score (nSPS) is 13.1. The van der Waals surface area contributed by atoms with E-state index in [2.05, 4.69) is 0 Å². The molecule has 24 heavy (non-hydrogen) atoms. The number of rotatable bonds is 9. The van der Waals surface area contributed by atoms with E-state index >= 15 is 0 Å². The van der Waals surface area contributed by atoms with Gasteiger partial charge in [-0.3, -0.25) is 8.77 Å². The molecule has 0 aliphatic heterocycles. The van der Waals surface area contributed by atoms with Crippen molar-refractivity contribution in [1.82, 2.24) is 0 Å². The molecular formula is C18H23O4PS. The van der Waals surface area contributed by atoms with Crippen LogP contribution in [0.3, 0.4) is 0 Å². The number of hydrogen-bond acceptors (Lipinski definition) is 4. The minimum absolute atomic E-state index is 0.122. The van der Waals surface area contributed by atoms with E-state index in [1.807, 2.05) is 60.7 Å². The molecule has 2 aromatic carbocycles. The van der Waals surface area contributed by atoms with Crippen molar-refractivity contribution in [3.8, 4) is 0 Å². The van der Waals surface area contributed by atoms with Crippen LogP contribution in [0.1, 0.15) is 30.2 Å². The first-order valence-electron chi connectivity index (χ1n) is 7.95. The van der Waals surface area contributed by atoms with Crippen molar-refractivity contribution >= 4 is 18.4 Å². The Morgan fingerprint density at radius 1 is 0.875 bits per heavy atom. The van der Waals surface area contributed by atoms with Crippen molar-refractivity contribution in [2.24, 2.45) is 0 Å². The van der Waals surface area contributed by atoms with Gasteiger partial charge in [0.15, 0.2) is 0 Å².